The van der Waals surface area contributed by atoms with E-state index in [1.165, 1.54) is 18.3 Å². The summed E-state index contributed by atoms with van der Waals surface area (Å²) in [6.45, 7) is 6.39. The van der Waals surface area contributed by atoms with Gasteiger partial charge in [0.05, 0.1) is 10.6 Å². The van der Waals surface area contributed by atoms with Crippen molar-refractivity contribution in [3.63, 3.8) is 0 Å². The van der Waals surface area contributed by atoms with Crippen molar-refractivity contribution in [3.8, 4) is 11.8 Å². The number of aromatic nitrogens is 2. The highest BCUT2D eigenvalue weighted by Crippen LogP contribution is 2.26. The number of hydrogen-bond donors (Lipinski definition) is 0. The van der Waals surface area contributed by atoms with Gasteiger partial charge in [-0.25, -0.2) is 9.97 Å². The molecule has 0 aliphatic carbocycles. The minimum Gasteiger partial charge on any atom is -0.362 e. The van der Waals surface area contributed by atoms with Gasteiger partial charge >= 0.3 is 5.69 Å². The Kier molecular flexibility index (Phi) is 5.08. The van der Waals surface area contributed by atoms with E-state index < -0.39 is 10.9 Å². The fourth-order valence-corrected chi connectivity index (χ4v) is 2.64. The van der Waals surface area contributed by atoms with Crippen LogP contribution in [-0.4, -0.2) is 46.0 Å². The lowest BCUT2D eigenvalue weighted by atomic mass is 10.2. The highest BCUT2D eigenvalue weighted by molar-refractivity contribution is 5.57. The van der Waals surface area contributed by atoms with E-state index in [9.17, 15) is 14.5 Å². The topological polar surface area (TPSA) is 75.4 Å². The molecule has 0 aromatic carbocycles. The predicted molar refractivity (Wildman–Crippen MR) is 94.9 cm³/mol. The van der Waals surface area contributed by atoms with Crippen LogP contribution in [0.4, 0.5) is 15.9 Å². The normalized spacial score (nSPS) is 13.7. The fraction of sp³-hybridized carbons (Fsp3) is 0.222. The first kappa shape index (κ1) is 17.4. The van der Waals surface area contributed by atoms with Crippen molar-refractivity contribution in [3.05, 3.63) is 70.6 Å². The largest absolute Gasteiger partial charge is 0.362 e. The Bertz CT molecular complexity index is 880. The summed E-state index contributed by atoms with van der Waals surface area (Å²) < 4.78 is 12.8. The number of anilines is 1. The molecule has 8 heteroatoms. The maximum Gasteiger partial charge on any atom is 0.311 e. The number of rotatable bonds is 3. The highest BCUT2D eigenvalue weighted by atomic mass is 19.1. The predicted octanol–water partition coefficient (Wildman–Crippen LogP) is 2.21. The molecule has 0 atom stereocenters. The standard InChI is InChI=1S/C18H16FN5O2/c1-14(4-5-15-6-7-17(19)21-13-15)22-9-11-23(12-10-22)18-16(24(25)26)3-2-8-20-18/h2-3,6-8,13H,1,9-12H2. The second-order valence-electron chi connectivity index (χ2n) is 5.64. The Morgan fingerprint density at radius 1 is 1.23 bits per heavy atom. The molecular weight excluding hydrogens is 337 g/mol. The van der Waals surface area contributed by atoms with E-state index in [0.717, 1.165) is 0 Å². The first-order chi connectivity index (χ1) is 12.5. The molecule has 0 amide bonds. The van der Waals surface area contributed by atoms with E-state index in [4.69, 9.17) is 0 Å². The zero-order valence-electron chi connectivity index (χ0n) is 13.9. The number of halogens is 1. The summed E-state index contributed by atoms with van der Waals surface area (Å²) in [7, 11) is 0. The van der Waals surface area contributed by atoms with Gasteiger partial charge in [-0.2, -0.15) is 4.39 Å². The summed E-state index contributed by atoms with van der Waals surface area (Å²) in [5.74, 6) is 5.68. The molecule has 0 spiro atoms. The smallest absolute Gasteiger partial charge is 0.311 e. The summed E-state index contributed by atoms with van der Waals surface area (Å²) in [6.07, 6.45) is 2.92. The fourth-order valence-electron chi connectivity index (χ4n) is 2.64. The molecule has 2 aromatic rings. The zero-order valence-corrected chi connectivity index (χ0v) is 13.9. The molecule has 2 aromatic heterocycles. The van der Waals surface area contributed by atoms with E-state index in [1.54, 1.807) is 18.3 Å². The molecule has 1 aliphatic heterocycles. The Labute approximate surface area is 149 Å². The van der Waals surface area contributed by atoms with Gasteiger partial charge in [-0.1, -0.05) is 12.5 Å². The number of nitro groups is 1. The molecule has 3 heterocycles. The molecule has 132 valence electrons. The molecule has 26 heavy (non-hydrogen) atoms. The SMILES string of the molecule is C=C(C#Cc1ccc(F)nc1)N1CCN(c2ncccc2[N+](=O)[O-])CC1. The van der Waals surface area contributed by atoms with E-state index in [1.807, 2.05) is 9.80 Å². The van der Waals surface area contributed by atoms with Gasteiger partial charge in [-0.15, -0.1) is 0 Å². The summed E-state index contributed by atoms with van der Waals surface area (Å²) in [5, 5.41) is 11.1. The lowest BCUT2D eigenvalue weighted by molar-refractivity contribution is -0.384. The van der Waals surface area contributed by atoms with E-state index in [0.29, 0.717) is 43.3 Å². The number of nitrogens with zero attached hydrogens (tertiary/aromatic N) is 5. The molecule has 0 saturated carbocycles. The third-order valence-electron chi connectivity index (χ3n) is 4.00. The van der Waals surface area contributed by atoms with Gasteiger partial charge in [0.2, 0.25) is 11.8 Å². The second kappa shape index (κ2) is 7.61. The van der Waals surface area contributed by atoms with Crippen molar-refractivity contribution in [1.82, 2.24) is 14.9 Å². The maximum absolute atomic E-state index is 12.8. The van der Waals surface area contributed by atoms with E-state index in [2.05, 4.69) is 28.4 Å². The Morgan fingerprint density at radius 3 is 2.65 bits per heavy atom. The Hall–Kier alpha value is -3.47. The zero-order chi connectivity index (χ0) is 18.5. The first-order valence-corrected chi connectivity index (χ1v) is 7.96. The quantitative estimate of drug-likeness (QED) is 0.364. The van der Waals surface area contributed by atoms with Crippen LogP contribution in [0.5, 0.6) is 0 Å². The number of allylic oxidation sites excluding steroid dienone is 1. The van der Waals surface area contributed by atoms with E-state index >= 15 is 0 Å². The molecule has 0 unspecified atom stereocenters. The number of piperazine rings is 1. The van der Waals surface area contributed by atoms with Gasteiger partial charge in [0, 0.05) is 50.2 Å². The monoisotopic (exact) mass is 353 g/mol. The molecule has 0 N–H and O–H groups in total. The molecule has 7 nitrogen and oxygen atoms in total. The molecule has 1 aliphatic rings. The summed E-state index contributed by atoms with van der Waals surface area (Å²) in [4.78, 5) is 22.3. The van der Waals surface area contributed by atoms with Gasteiger partial charge in [-0.05, 0) is 24.1 Å². The average molecular weight is 353 g/mol. The Morgan fingerprint density at radius 2 is 2.00 bits per heavy atom. The minimum atomic E-state index is -0.547. The van der Waals surface area contributed by atoms with E-state index in [-0.39, 0.29) is 5.69 Å². The molecule has 1 saturated heterocycles. The van der Waals surface area contributed by atoms with Crippen molar-refractivity contribution in [2.45, 2.75) is 0 Å². The maximum atomic E-state index is 12.8. The van der Waals surface area contributed by atoms with Crippen LogP contribution in [0.3, 0.4) is 0 Å². The van der Waals surface area contributed by atoms with Crippen LogP contribution in [-0.2, 0) is 0 Å². The number of hydrogen-bond acceptors (Lipinski definition) is 6. The third kappa shape index (κ3) is 3.95. The van der Waals surface area contributed by atoms with Gasteiger partial charge in [0.1, 0.15) is 0 Å². The van der Waals surface area contributed by atoms with Crippen LogP contribution >= 0.6 is 0 Å². The molecule has 0 bridgehead atoms. The van der Waals surface area contributed by atoms with Crippen LogP contribution in [0, 0.1) is 27.9 Å². The molecule has 3 rings (SSSR count). The summed E-state index contributed by atoms with van der Waals surface area (Å²) in [5.41, 5.74) is 1.25. The Balaban J connectivity index is 1.63. The summed E-state index contributed by atoms with van der Waals surface area (Å²) in [6, 6.07) is 5.82. The second-order valence-corrected chi connectivity index (χ2v) is 5.64. The van der Waals surface area contributed by atoms with Gasteiger partial charge in [0.15, 0.2) is 0 Å². The lowest BCUT2D eigenvalue weighted by Gasteiger charge is -2.35. The molecule has 1 fully saturated rings. The highest BCUT2D eigenvalue weighted by Gasteiger charge is 2.24. The first-order valence-electron chi connectivity index (χ1n) is 7.96. The molecular formula is C18H16FN5O2. The van der Waals surface area contributed by atoms with Crippen LogP contribution in [0.25, 0.3) is 0 Å². The van der Waals surface area contributed by atoms with Crippen molar-refractivity contribution < 1.29 is 9.31 Å². The van der Waals surface area contributed by atoms with Gasteiger partial charge in [-0.3, -0.25) is 10.1 Å². The van der Waals surface area contributed by atoms with Gasteiger partial charge < -0.3 is 9.80 Å². The minimum absolute atomic E-state index is 0.00313. The van der Waals surface area contributed by atoms with Crippen LogP contribution in [0.1, 0.15) is 5.56 Å². The van der Waals surface area contributed by atoms with Gasteiger partial charge in [0.25, 0.3) is 0 Å². The van der Waals surface area contributed by atoms with Crippen molar-refractivity contribution >= 4 is 11.5 Å². The lowest BCUT2D eigenvalue weighted by Crippen LogP contribution is -2.46. The van der Waals surface area contributed by atoms with Crippen LogP contribution < -0.4 is 4.90 Å². The average Bonchev–Trinajstić information content (AvgIpc) is 2.67. The van der Waals surface area contributed by atoms with Crippen LogP contribution in [0.2, 0.25) is 0 Å². The number of pyridine rings is 2. The third-order valence-corrected chi connectivity index (χ3v) is 4.00. The molecule has 0 radical (unpaired) electrons. The van der Waals surface area contributed by atoms with Crippen molar-refractivity contribution in [1.29, 1.82) is 0 Å². The van der Waals surface area contributed by atoms with Crippen molar-refractivity contribution in [2.75, 3.05) is 31.1 Å². The summed E-state index contributed by atoms with van der Waals surface area (Å²) >= 11 is 0. The van der Waals surface area contributed by atoms with Crippen LogP contribution in [0.15, 0.2) is 48.9 Å². The van der Waals surface area contributed by atoms with Crippen molar-refractivity contribution in [2.24, 2.45) is 0 Å².